The Balaban J connectivity index is 0.00000144. The van der Waals surface area contributed by atoms with Crippen LogP contribution in [-0.4, -0.2) is 38.2 Å². The van der Waals surface area contributed by atoms with Gasteiger partial charge in [-0.3, -0.25) is 5.10 Å². The first kappa shape index (κ1) is 14.4. The van der Waals surface area contributed by atoms with Gasteiger partial charge in [-0.25, -0.2) is 13.1 Å². The molecule has 1 saturated heterocycles. The molecule has 0 spiro atoms. The zero-order valence-electron chi connectivity index (χ0n) is 9.56. The Labute approximate surface area is 107 Å². The molecule has 17 heavy (non-hydrogen) atoms. The number of hydrogen-bond donors (Lipinski definition) is 3. The van der Waals surface area contributed by atoms with Gasteiger partial charge in [-0.15, -0.1) is 12.4 Å². The second kappa shape index (κ2) is 5.81. The lowest BCUT2D eigenvalue weighted by Gasteiger charge is -2.09. The molecule has 1 aliphatic heterocycles. The molecule has 0 amide bonds. The van der Waals surface area contributed by atoms with Crippen molar-refractivity contribution >= 4 is 22.4 Å². The van der Waals surface area contributed by atoms with Gasteiger partial charge in [0.1, 0.15) is 4.90 Å². The molecule has 1 atom stereocenters. The molecule has 1 unspecified atom stereocenters. The number of H-pyrrole nitrogens is 1. The molecular weight excluding hydrogens is 264 g/mol. The normalized spacial score (nSPS) is 20.2. The van der Waals surface area contributed by atoms with E-state index in [0.29, 0.717) is 18.2 Å². The zero-order valence-corrected chi connectivity index (χ0v) is 11.2. The first-order valence-corrected chi connectivity index (χ1v) is 6.78. The van der Waals surface area contributed by atoms with E-state index in [-0.39, 0.29) is 17.3 Å². The molecule has 0 aromatic carbocycles. The molecule has 8 heteroatoms. The fourth-order valence-electron chi connectivity index (χ4n) is 1.80. The first-order valence-electron chi connectivity index (χ1n) is 5.30. The Hall–Kier alpha value is -0.630. The molecule has 1 fully saturated rings. The van der Waals surface area contributed by atoms with E-state index >= 15 is 0 Å². The van der Waals surface area contributed by atoms with Gasteiger partial charge in [0, 0.05) is 6.54 Å². The summed E-state index contributed by atoms with van der Waals surface area (Å²) in [6.07, 6.45) is 2.36. The number of rotatable bonds is 4. The van der Waals surface area contributed by atoms with Crippen molar-refractivity contribution in [2.24, 2.45) is 5.92 Å². The van der Waals surface area contributed by atoms with Gasteiger partial charge in [-0.05, 0) is 32.4 Å². The number of nitrogens with zero attached hydrogens (tertiary/aromatic N) is 1. The van der Waals surface area contributed by atoms with Crippen LogP contribution >= 0.6 is 12.4 Å². The van der Waals surface area contributed by atoms with Gasteiger partial charge in [0.25, 0.3) is 0 Å². The van der Waals surface area contributed by atoms with Crippen LogP contribution in [0.25, 0.3) is 0 Å². The monoisotopic (exact) mass is 280 g/mol. The molecule has 1 aromatic heterocycles. The van der Waals surface area contributed by atoms with Crippen LogP contribution in [0.4, 0.5) is 0 Å². The van der Waals surface area contributed by atoms with Crippen LogP contribution in [0.3, 0.4) is 0 Å². The van der Waals surface area contributed by atoms with Crippen molar-refractivity contribution < 1.29 is 8.42 Å². The summed E-state index contributed by atoms with van der Waals surface area (Å²) in [5.41, 5.74) is 0.567. The molecule has 0 radical (unpaired) electrons. The van der Waals surface area contributed by atoms with Crippen LogP contribution in [0.5, 0.6) is 0 Å². The summed E-state index contributed by atoms with van der Waals surface area (Å²) in [7, 11) is -3.41. The summed E-state index contributed by atoms with van der Waals surface area (Å²) in [5, 5.41) is 9.53. The fraction of sp³-hybridized carbons (Fsp3) is 0.667. The summed E-state index contributed by atoms with van der Waals surface area (Å²) in [6.45, 7) is 4.03. The summed E-state index contributed by atoms with van der Waals surface area (Å²) in [6, 6.07) is 0. The van der Waals surface area contributed by atoms with E-state index in [1.807, 2.05) is 0 Å². The fourth-order valence-corrected chi connectivity index (χ4v) is 3.06. The highest BCUT2D eigenvalue weighted by Gasteiger charge is 2.21. The number of nitrogens with one attached hydrogen (secondary N) is 3. The number of halogens is 1. The van der Waals surface area contributed by atoms with Crippen LogP contribution in [0, 0.1) is 12.8 Å². The molecule has 0 aliphatic carbocycles. The molecule has 98 valence electrons. The summed E-state index contributed by atoms with van der Waals surface area (Å²) in [4.78, 5) is 0.235. The minimum Gasteiger partial charge on any atom is -0.316 e. The smallest absolute Gasteiger partial charge is 0.243 e. The number of aryl methyl sites for hydroxylation is 1. The lowest BCUT2D eigenvalue weighted by molar-refractivity contribution is 0.538. The van der Waals surface area contributed by atoms with Crippen LogP contribution in [0.1, 0.15) is 12.1 Å². The second-order valence-electron chi connectivity index (χ2n) is 4.07. The van der Waals surface area contributed by atoms with E-state index in [0.717, 1.165) is 19.5 Å². The van der Waals surface area contributed by atoms with Crippen LogP contribution in [-0.2, 0) is 10.0 Å². The molecule has 2 heterocycles. The van der Waals surface area contributed by atoms with Crippen molar-refractivity contribution in [3.8, 4) is 0 Å². The predicted molar refractivity (Wildman–Crippen MR) is 66.7 cm³/mol. The molecule has 0 saturated carbocycles. The number of aromatic amines is 1. The van der Waals surface area contributed by atoms with Crippen molar-refractivity contribution in [3.05, 3.63) is 11.9 Å². The van der Waals surface area contributed by atoms with Crippen molar-refractivity contribution in [2.45, 2.75) is 18.2 Å². The van der Waals surface area contributed by atoms with E-state index < -0.39 is 10.0 Å². The summed E-state index contributed by atoms with van der Waals surface area (Å²) < 4.78 is 26.4. The Morgan fingerprint density at radius 2 is 2.35 bits per heavy atom. The maximum Gasteiger partial charge on any atom is 0.243 e. The molecule has 6 nitrogen and oxygen atoms in total. The van der Waals surface area contributed by atoms with E-state index in [1.165, 1.54) is 6.20 Å². The molecular formula is C9H17ClN4O2S. The molecule has 0 bridgehead atoms. The van der Waals surface area contributed by atoms with E-state index in [2.05, 4.69) is 20.2 Å². The number of sulfonamides is 1. The van der Waals surface area contributed by atoms with Crippen molar-refractivity contribution in [1.29, 1.82) is 0 Å². The zero-order chi connectivity index (χ0) is 11.6. The van der Waals surface area contributed by atoms with Crippen molar-refractivity contribution in [1.82, 2.24) is 20.2 Å². The average molecular weight is 281 g/mol. The minimum absolute atomic E-state index is 0. The third-order valence-electron chi connectivity index (χ3n) is 2.80. The van der Waals surface area contributed by atoms with Gasteiger partial charge in [-0.2, -0.15) is 5.10 Å². The Morgan fingerprint density at radius 3 is 2.88 bits per heavy atom. The third kappa shape index (κ3) is 3.41. The molecule has 3 N–H and O–H groups in total. The SMILES string of the molecule is Cc1[nH]ncc1S(=O)(=O)NCC1CCNC1.Cl. The third-order valence-corrected chi connectivity index (χ3v) is 4.33. The van der Waals surface area contributed by atoms with Gasteiger partial charge in [0.05, 0.1) is 11.9 Å². The average Bonchev–Trinajstić information content (AvgIpc) is 2.85. The van der Waals surface area contributed by atoms with E-state index in [9.17, 15) is 8.42 Å². The quantitative estimate of drug-likeness (QED) is 0.726. The second-order valence-corrected chi connectivity index (χ2v) is 5.81. The van der Waals surface area contributed by atoms with Crippen molar-refractivity contribution in [2.75, 3.05) is 19.6 Å². The highest BCUT2D eigenvalue weighted by molar-refractivity contribution is 7.89. The van der Waals surface area contributed by atoms with E-state index in [4.69, 9.17) is 0 Å². The van der Waals surface area contributed by atoms with Gasteiger partial charge < -0.3 is 5.32 Å². The lowest BCUT2D eigenvalue weighted by Crippen LogP contribution is -2.30. The number of hydrogen-bond acceptors (Lipinski definition) is 4. The van der Waals surface area contributed by atoms with E-state index in [1.54, 1.807) is 6.92 Å². The Bertz CT molecular complexity index is 453. The maximum absolute atomic E-state index is 11.9. The lowest BCUT2D eigenvalue weighted by atomic mass is 10.1. The minimum atomic E-state index is -3.41. The van der Waals surface area contributed by atoms with Crippen LogP contribution in [0.2, 0.25) is 0 Å². The topological polar surface area (TPSA) is 86.9 Å². The largest absolute Gasteiger partial charge is 0.316 e. The van der Waals surface area contributed by atoms with Gasteiger partial charge in [-0.1, -0.05) is 0 Å². The molecule has 1 aliphatic rings. The number of aromatic nitrogens is 2. The van der Waals surface area contributed by atoms with Gasteiger partial charge in [0.2, 0.25) is 10.0 Å². The summed E-state index contributed by atoms with van der Waals surface area (Å²) >= 11 is 0. The Morgan fingerprint density at radius 1 is 1.59 bits per heavy atom. The molecule has 2 rings (SSSR count). The summed E-state index contributed by atoms with van der Waals surface area (Å²) in [5.74, 6) is 0.391. The highest BCUT2D eigenvalue weighted by Crippen LogP contribution is 2.12. The molecule has 1 aromatic rings. The van der Waals surface area contributed by atoms with Gasteiger partial charge in [0.15, 0.2) is 0 Å². The van der Waals surface area contributed by atoms with Crippen LogP contribution < -0.4 is 10.0 Å². The van der Waals surface area contributed by atoms with Gasteiger partial charge >= 0.3 is 0 Å². The Kier molecular flexibility index (Phi) is 4.93. The predicted octanol–water partition coefficient (Wildman–Crippen LogP) is 0.0277. The maximum atomic E-state index is 11.9. The first-order chi connectivity index (χ1) is 7.59. The van der Waals surface area contributed by atoms with Crippen LogP contribution in [0.15, 0.2) is 11.1 Å². The highest BCUT2D eigenvalue weighted by atomic mass is 35.5. The standard InChI is InChI=1S/C9H16N4O2S.ClH/c1-7-9(6-11-13-7)16(14,15)12-5-8-2-3-10-4-8;/h6,8,10,12H,2-5H2,1H3,(H,11,13);1H. The van der Waals surface area contributed by atoms with Crippen molar-refractivity contribution in [3.63, 3.8) is 0 Å².